The van der Waals surface area contributed by atoms with Crippen LogP contribution < -0.4 is 0 Å². The second-order valence-electron chi connectivity index (χ2n) is 4.51. The van der Waals surface area contributed by atoms with Crippen LogP contribution in [0, 0.1) is 0 Å². The van der Waals surface area contributed by atoms with E-state index in [-0.39, 0.29) is 14.9 Å². The van der Waals surface area contributed by atoms with Crippen molar-refractivity contribution in [3.05, 3.63) is 91.0 Å². The van der Waals surface area contributed by atoms with Gasteiger partial charge >= 0.3 is 0 Å². The van der Waals surface area contributed by atoms with Crippen LogP contribution in [0.5, 0.6) is 0 Å². The van der Waals surface area contributed by atoms with Crippen LogP contribution in [0.2, 0.25) is 0 Å². The van der Waals surface area contributed by atoms with Crippen LogP contribution in [0.1, 0.15) is 27.3 Å². The molecule has 0 saturated carbocycles. The molecule has 0 heterocycles. The van der Waals surface area contributed by atoms with E-state index in [0.717, 1.165) is 11.1 Å². The normalized spacial score (nSPS) is 10.0. The maximum Gasteiger partial charge on any atom is -0.0103 e. The zero-order valence-corrected chi connectivity index (χ0v) is 11.3. The summed E-state index contributed by atoms with van der Waals surface area (Å²) in [5.41, 5.74) is 5.81. The minimum Gasteiger partial charge on any atom is -0.0990 e. The molecular formula is C21H26. The largest absolute Gasteiger partial charge is 0.0990 e. The van der Waals surface area contributed by atoms with Gasteiger partial charge in [-0.3, -0.25) is 0 Å². The van der Waals surface area contributed by atoms with E-state index in [1.807, 2.05) is 25.1 Å². The van der Waals surface area contributed by atoms with Crippen molar-refractivity contribution in [3.8, 4) is 11.1 Å². The van der Waals surface area contributed by atoms with Crippen LogP contribution in [0.15, 0.2) is 85.5 Å². The standard InChI is InChI=1S/C19H18.2CH4/c1-4-10-17(15(2)3)19-14-9-8-13-18(19)16-11-6-5-7-12-16;;/h4-14H,1-2H2,3H3;2*1H4/b17-10+;;. The van der Waals surface area contributed by atoms with Gasteiger partial charge in [-0.1, -0.05) is 100 Å². The van der Waals surface area contributed by atoms with Crippen molar-refractivity contribution >= 4 is 5.57 Å². The molecule has 0 fully saturated rings. The van der Waals surface area contributed by atoms with Gasteiger partial charge in [-0.05, 0) is 29.2 Å². The second kappa shape index (κ2) is 8.76. The molecule has 2 rings (SSSR count). The fourth-order valence-corrected chi connectivity index (χ4v) is 2.17. The molecule has 0 amide bonds. The molecule has 0 unspecified atom stereocenters. The number of rotatable bonds is 4. The lowest BCUT2D eigenvalue weighted by Crippen LogP contribution is -1.90. The van der Waals surface area contributed by atoms with Crippen molar-refractivity contribution in [3.63, 3.8) is 0 Å². The van der Waals surface area contributed by atoms with E-state index in [4.69, 9.17) is 0 Å². The summed E-state index contributed by atoms with van der Waals surface area (Å²) in [4.78, 5) is 0. The molecule has 110 valence electrons. The van der Waals surface area contributed by atoms with Gasteiger partial charge in [-0.15, -0.1) is 0 Å². The zero-order chi connectivity index (χ0) is 13.7. The lowest BCUT2D eigenvalue weighted by atomic mass is 9.91. The van der Waals surface area contributed by atoms with E-state index >= 15 is 0 Å². The molecule has 0 N–H and O–H groups in total. The Balaban J connectivity index is 0.00000200. The summed E-state index contributed by atoms with van der Waals surface area (Å²) < 4.78 is 0. The highest BCUT2D eigenvalue weighted by Gasteiger charge is 2.08. The summed E-state index contributed by atoms with van der Waals surface area (Å²) in [6.45, 7) is 9.89. The Morgan fingerprint density at radius 2 is 1.48 bits per heavy atom. The molecule has 0 aromatic heterocycles. The van der Waals surface area contributed by atoms with Gasteiger partial charge in [0.25, 0.3) is 0 Å². The van der Waals surface area contributed by atoms with Crippen LogP contribution in [-0.4, -0.2) is 0 Å². The van der Waals surface area contributed by atoms with E-state index in [9.17, 15) is 0 Å². The summed E-state index contributed by atoms with van der Waals surface area (Å²) in [6.07, 6.45) is 3.83. The Labute approximate surface area is 130 Å². The smallest absolute Gasteiger partial charge is 0.0103 e. The van der Waals surface area contributed by atoms with Gasteiger partial charge in [-0.2, -0.15) is 0 Å². The zero-order valence-electron chi connectivity index (χ0n) is 11.3. The summed E-state index contributed by atoms with van der Waals surface area (Å²) in [5, 5.41) is 0. The highest BCUT2D eigenvalue weighted by Crippen LogP contribution is 2.31. The minimum atomic E-state index is 0. The molecule has 2 aromatic carbocycles. The summed E-state index contributed by atoms with van der Waals surface area (Å²) in [5.74, 6) is 0. The molecular weight excluding hydrogens is 252 g/mol. The molecule has 0 aliphatic carbocycles. The first-order chi connectivity index (χ1) is 9.24. The van der Waals surface area contributed by atoms with Crippen LogP contribution >= 0.6 is 0 Å². The molecule has 21 heavy (non-hydrogen) atoms. The third-order valence-electron chi connectivity index (χ3n) is 3.05. The molecule has 0 bridgehead atoms. The number of benzene rings is 2. The SMILES string of the molecule is C.C.C=C/C=C(\C(=C)C)c1ccccc1-c1ccccc1. The fourth-order valence-electron chi connectivity index (χ4n) is 2.17. The predicted octanol–water partition coefficient (Wildman–Crippen LogP) is 6.77. The Kier molecular flexibility index (Phi) is 7.78. The van der Waals surface area contributed by atoms with Crippen molar-refractivity contribution in [2.45, 2.75) is 21.8 Å². The lowest BCUT2D eigenvalue weighted by Gasteiger charge is -2.13. The average Bonchev–Trinajstić information content (AvgIpc) is 2.45. The maximum absolute atomic E-state index is 4.07. The first-order valence-electron chi connectivity index (χ1n) is 6.37. The minimum absolute atomic E-state index is 0. The van der Waals surface area contributed by atoms with Gasteiger partial charge in [0.15, 0.2) is 0 Å². The first-order valence-corrected chi connectivity index (χ1v) is 6.37. The van der Waals surface area contributed by atoms with E-state index < -0.39 is 0 Å². The Hall–Kier alpha value is -2.34. The topological polar surface area (TPSA) is 0 Å². The van der Waals surface area contributed by atoms with Crippen LogP contribution in [0.3, 0.4) is 0 Å². The second-order valence-corrected chi connectivity index (χ2v) is 4.51. The van der Waals surface area contributed by atoms with Gasteiger partial charge < -0.3 is 0 Å². The molecule has 0 aliphatic heterocycles. The van der Waals surface area contributed by atoms with Gasteiger partial charge in [-0.25, -0.2) is 0 Å². The predicted molar refractivity (Wildman–Crippen MR) is 98.3 cm³/mol. The molecule has 0 heteroatoms. The molecule has 0 saturated heterocycles. The molecule has 0 aliphatic rings. The van der Waals surface area contributed by atoms with Crippen molar-refractivity contribution in [2.24, 2.45) is 0 Å². The van der Waals surface area contributed by atoms with Crippen molar-refractivity contribution in [1.82, 2.24) is 0 Å². The highest BCUT2D eigenvalue weighted by atomic mass is 14.1. The average molecular weight is 278 g/mol. The quantitative estimate of drug-likeness (QED) is 0.541. The van der Waals surface area contributed by atoms with E-state index in [1.54, 1.807) is 0 Å². The molecule has 0 spiro atoms. The molecule has 0 atom stereocenters. The Morgan fingerprint density at radius 3 is 2.05 bits per heavy atom. The first kappa shape index (κ1) is 18.7. The van der Waals surface area contributed by atoms with Crippen LogP contribution in [0.4, 0.5) is 0 Å². The maximum atomic E-state index is 4.07. The molecule has 2 aromatic rings. The van der Waals surface area contributed by atoms with E-state index in [2.05, 4.69) is 61.7 Å². The summed E-state index contributed by atoms with van der Waals surface area (Å²) >= 11 is 0. The molecule has 0 radical (unpaired) electrons. The highest BCUT2D eigenvalue weighted by molar-refractivity contribution is 5.88. The summed E-state index contributed by atoms with van der Waals surface area (Å²) in [6, 6.07) is 18.8. The van der Waals surface area contributed by atoms with Crippen LogP contribution in [0.25, 0.3) is 16.7 Å². The van der Waals surface area contributed by atoms with Crippen molar-refractivity contribution in [2.75, 3.05) is 0 Å². The number of hydrogen-bond donors (Lipinski definition) is 0. The fraction of sp³-hybridized carbons (Fsp3) is 0.143. The monoisotopic (exact) mass is 278 g/mol. The lowest BCUT2D eigenvalue weighted by molar-refractivity contribution is 1.50. The Morgan fingerprint density at radius 1 is 0.905 bits per heavy atom. The van der Waals surface area contributed by atoms with E-state index in [1.165, 1.54) is 16.7 Å². The number of hydrogen-bond acceptors (Lipinski definition) is 0. The molecule has 0 nitrogen and oxygen atoms in total. The van der Waals surface area contributed by atoms with Gasteiger partial charge in [0.1, 0.15) is 0 Å². The van der Waals surface area contributed by atoms with Gasteiger partial charge in [0.2, 0.25) is 0 Å². The Bertz CT molecular complexity index is 615. The summed E-state index contributed by atoms with van der Waals surface area (Å²) in [7, 11) is 0. The number of allylic oxidation sites excluding steroid dienone is 4. The third kappa shape index (κ3) is 4.32. The van der Waals surface area contributed by atoms with Gasteiger partial charge in [0.05, 0.1) is 0 Å². The van der Waals surface area contributed by atoms with Gasteiger partial charge in [0, 0.05) is 0 Å². The third-order valence-corrected chi connectivity index (χ3v) is 3.05. The van der Waals surface area contributed by atoms with Crippen LogP contribution in [-0.2, 0) is 0 Å². The van der Waals surface area contributed by atoms with E-state index in [0.29, 0.717) is 0 Å². The van der Waals surface area contributed by atoms with Crippen molar-refractivity contribution < 1.29 is 0 Å². The van der Waals surface area contributed by atoms with Crippen molar-refractivity contribution in [1.29, 1.82) is 0 Å².